The number of aryl methyl sites for hydroxylation is 2. The summed E-state index contributed by atoms with van der Waals surface area (Å²) in [6, 6.07) is 0.583. The van der Waals surface area contributed by atoms with Gasteiger partial charge in [0.15, 0.2) is 5.96 Å². The number of thiazole rings is 1. The number of rotatable bonds is 3. The van der Waals surface area contributed by atoms with E-state index in [1.54, 1.807) is 11.3 Å². The molecule has 2 N–H and O–H groups in total. The van der Waals surface area contributed by atoms with E-state index in [1.165, 1.54) is 37.0 Å². The second kappa shape index (κ2) is 8.81. The maximum absolute atomic E-state index is 4.54. The van der Waals surface area contributed by atoms with Crippen LogP contribution in [0.3, 0.4) is 0 Å². The third-order valence-electron chi connectivity index (χ3n) is 3.65. The number of halogens is 1. The second-order valence-electron chi connectivity index (χ2n) is 5.15. The molecule has 0 saturated heterocycles. The van der Waals surface area contributed by atoms with Gasteiger partial charge in [-0.15, -0.1) is 35.3 Å². The molecule has 20 heavy (non-hydrogen) atoms. The fourth-order valence-electron chi connectivity index (χ4n) is 2.41. The Morgan fingerprint density at radius 3 is 2.55 bits per heavy atom. The average molecular weight is 408 g/mol. The Balaban J connectivity index is 0.00000200. The van der Waals surface area contributed by atoms with Crippen LogP contribution in [0.5, 0.6) is 0 Å². The van der Waals surface area contributed by atoms with Gasteiger partial charge in [-0.2, -0.15) is 0 Å². The number of guanidine groups is 1. The highest BCUT2D eigenvalue weighted by Crippen LogP contribution is 2.18. The summed E-state index contributed by atoms with van der Waals surface area (Å²) in [7, 11) is 1.83. The molecule has 1 aromatic rings. The van der Waals surface area contributed by atoms with Crippen molar-refractivity contribution in [3.05, 3.63) is 15.6 Å². The van der Waals surface area contributed by atoms with Gasteiger partial charge in [-0.05, 0) is 26.7 Å². The van der Waals surface area contributed by atoms with Gasteiger partial charge < -0.3 is 10.6 Å². The van der Waals surface area contributed by atoms with Crippen LogP contribution in [0.4, 0.5) is 0 Å². The quantitative estimate of drug-likeness (QED) is 0.458. The highest BCUT2D eigenvalue weighted by atomic mass is 127. The first kappa shape index (κ1) is 17.7. The Hall–Kier alpha value is -0.370. The Labute approximate surface area is 142 Å². The van der Waals surface area contributed by atoms with Crippen molar-refractivity contribution < 1.29 is 0 Å². The van der Waals surface area contributed by atoms with E-state index in [4.69, 9.17) is 0 Å². The van der Waals surface area contributed by atoms with Crippen LogP contribution >= 0.6 is 35.3 Å². The summed E-state index contributed by atoms with van der Waals surface area (Å²) in [5, 5.41) is 8.00. The number of aliphatic imine (C=N–C) groups is 1. The number of aromatic nitrogens is 1. The third kappa shape index (κ3) is 5.20. The molecule has 1 fully saturated rings. The van der Waals surface area contributed by atoms with Gasteiger partial charge >= 0.3 is 0 Å². The summed E-state index contributed by atoms with van der Waals surface area (Å²) >= 11 is 1.76. The van der Waals surface area contributed by atoms with E-state index in [9.17, 15) is 0 Å². The number of hydrogen-bond acceptors (Lipinski definition) is 3. The van der Waals surface area contributed by atoms with E-state index in [0.29, 0.717) is 6.04 Å². The van der Waals surface area contributed by atoms with Gasteiger partial charge in [0, 0.05) is 18.0 Å². The van der Waals surface area contributed by atoms with E-state index in [0.717, 1.165) is 23.2 Å². The molecule has 1 aromatic heterocycles. The van der Waals surface area contributed by atoms with E-state index in [2.05, 4.69) is 34.5 Å². The minimum atomic E-state index is 0. The number of hydrogen-bond donors (Lipinski definition) is 2. The first-order valence-corrected chi connectivity index (χ1v) is 7.91. The molecule has 1 aliphatic rings. The highest BCUT2D eigenvalue weighted by molar-refractivity contribution is 14.0. The molecule has 114 valence electrons. The molecule has 2 rings (SSSR count). The Kier molecular flexibility index (Phi) is 7.79. The molecular weight excluding hydrogens is 383 g/mol. The summed E-state index contributed by atoms with van der Waals surface area (Å²) < 4.78 is 0. The van der Waals surface area contributed by atoms with Gasteiger partial charge in [0.2, 0.25) is 0 Å². The molecular formula is C14H25IN4S. The summed E-state index contributed by atoms with van der Waals surface area (Å²) in [5.41, 5.74) is 1.14. The summed E-state index contributed by atoms with van der Waals surface area (Å²) in [5.74, 6) is 0.900. The van der Waals surface area contributed by atoms with Gasteiger partial charge in [0.1, 0.15) is 5.01 Å². The highest BCUT2D eigenvalue weighted by Gasteiger charge is 2.14. The molecule has 1 aliphatic carbocycles. The van der Waals surface area contributed by atoms with Crippen LogP contribution in [0.2, 0.25) is 0 Å². The van der Waals surface area contributed by atoms with E-state index in [-0.39, 0.29) is 24.0 Å². The van der Waals surface area contributed by atoms with Gasteiger partial charge in [0.05, 0.1) is 12.2 Å². The van der Waals surface area contributed by atoms with Gasteiger partial charge in [-0.25, -0.2) is 4.98 Å². The van der Waals surface area contributed by atoms with Crippen LogP contribution in [0, 0.1) is 13.8 Å². The topological polar surface area (TPSA) is 49.3 Å². The van der Waals surface area contributed by atoms with Gasteiger partial charge in [-0.3, -0.25) is 4.99 Å². The minimum absolute atomic E-state index is 0. The molecule has 1 heterocycles. The average Bonchev–Trinajstić information content (AvgIpc) is 2.75. The smallest absolute Gasteiger partial charge is 0.191 e. The maximum Gasteiger partial charge on any atom is 0.191 e. The van der Waals surface area contributed by atoms with Gasteiger partial charge in [-0.1, -0.05) is 19.3 Å². The molecule has 6 heteroatoms. The zero-order valence-electron chi connectivity index (χ0n) is 12.5. The first-order chi connectivity index (χ1) is 9.19. The Morgan fingerprint density at radius 2 is 2.00 bits per heavy atom. The standard InChI is InChI=1S/C14H24N4S.HI/c1-10-11(2)19-13(17-10)9-16-14(15-3)18-12-7-5-4-6-8-12;/h12H,4-9H2,1-3H3,(H2,15,16,18);1H. The molecule has 4 nitrogen and oxygen atoms in total. The predicted octanol–water partition coefficient (Wildman–Crippen LogP) is 3.38. The molecule has 0 amide bonds. The maximum atomic E-state index is 4.54. The van der Waals surface area contributed by atoms with Crippen LogP contribution in [-0.4, -0.2) is 24.0 Å². The van der Waals surface area contributed by atoms with Crippen molar-refractivity contribution in [1.29, 1.82) is 0 Å². The van der Waals surface area contributed by atoms with E-state index in [1.807, 2.05) is 7.05 Å². The Bertz CT molecular complexity index is 419. The summed E-state index contributed by atoms with van der Waals surface area (Å²) in [6.45, 7) is 4.93. The van der Waals surface area contributed by atoms with Crippen molar-refractivity contribution >= 4 is 41.3 Å². The lowest BCUT2D eigenvalue weighted by molar-refractivity contribution is 0.410. The van der Waals surface area contributed by atoms with Crippen molar-refractivity contribution in [3.8, 4) is 0 Å². The van der Waals surface area contributed by atoms with Crippen molar-refractivity contribution in [3.63, 3.8) is 0 Å². The summed E-state index contributed by atoms with van der Waals surface area (Å²) in [6.07, 6.45) is 6.56. The zero-order chi connectivity index (χ0) is 13.7. The fourth-order valence-corrected chi connectivity index (χ4v) is 3.28. The lowest BCUT2D eigenvalue weighted by atomic mass is 9.96. The molecule has 1 saturated carbocycles. The molecule has 0 atom stereocenters. The lowest BCUT2D eigenvalue weighted by Gasteiger charge is -2.24. The Morgan fingerprint density at radius 1 is 1.30 bits per heavy atom. The van der Waals surface area contributed by atoms with Gasteiger partial charge in [0.25, 0.3) is 0 Å². The van der Waals surface area contributed by atoms with Crippen molar-refractivity contribution in [2.45, 2.75) is 58.5 Å². The molecule has 0 bridgehead atoms. The van der Waals surface area contributed by atoms with Crippen molar-refractivity contribution in [2.75, 3.05) is 7.05 Å². The molecule has 0 radical (unpaired) electrons. The van der Waals surface area contributed by atoms with Crippen LogP contribution in [-0.2, 0) is 6.54 Å². The van der Waals surface area contributed by atoms with Crippen LogP contribution in [0.15, 0.2) is 4.99 Å². The van der Waals surface area contributed by atoms with Crippen molar-refractivity contribution in [2.24, 2.45) is 4.99 Å². The second-order valence-corrected chi connectivity index (χ2v) is 6.44. The zero-order valence-corrected chi connectivity index (χ0v) is 15.7. The molecule has 0 aromatic carbocycles. The van der Waals surface area contributed by atoms with Crippen molar-refractivity contribution in [1.82, 2.24) is 15.6 Å². The number of nitrogens with zero attached hydrogens (tertiary/aromatic N) is 2. The summed E-state index contributed by atoms with van der Waals surface area (Å²) in [4.78, 5) is 10.1. The predicted molar refractivity (Wildman–Crippen MR) is 97.2 cm³/mol. The van der Waals surface area contributed by atoms with Crippen LogP contribution in [0.1, 0.15) is 47.7 Å². The minimum Gasteiger partial charge on any atom is -0.354 e. The SMILES string of the molecule is CN=C(NCc1nc(C)c(C)s1)NC1CCCCC1.I. The third-order valence-corrected chi connectivity index (χ3v) is 4.72. The monoisotopic (exact) mass is 408 g/mol. The van der Waals surface area contributed by atoms with Crippen LogP contribution in [0.25, 0.3) is 0 Å². The lowest BCUT2D eigenvalue weighted by Crippen LogP contribution is -2.43. The van der Waals surface area contributed by atoms with E-state index < -0.39 is 0 Å². The molecule has 0 aliphatic heterocycles. The molecule has 0 unspecified atom stereocenters. The first-order valence-electron chi connectivity index (χ1n) is 7.09. The van der Waals surface area contributed by atoms with Crippen LogP contribution < -0.4 is 10.6 Å². The normalized spacial score (nSPS) is 16.6. The number of nitrogens with one attached hydrogen (secondary N) is 2. The molecule has 0 spiro atoms. The largest absolute Gasteiger partial charge is 0.354 e. The van der Waals surface area contributed by atoms with E-state index >= 15 is 0 Å². The fraction of sp³-hybridized carbons (Fsp3) is 0.714.